The Labute approximate surface area is 165 Å². The lowest BCUT2D eigenvalue weighted by Gasteiger charge is -2.02. The molecule has 0 aliphatic rings. The molecule has 4 heteroatoms. The number of pyridine rings is 4. The van der Waals surface area contributed by atoms with Gasteiger partial charge in [0.15, 0.2) is 24.8 Å². The predicted octanol–water partition coefficient (Wildman–Crippen LogP) is 3.87. The van der Waals surface area contributed by atoms with Gasteiger partial charge in [0.05, 0.1) is 0 Å². The van der Waals surface area contributed by atoms with Crippen LogP contribution in [0.3, 0.4) is 0 Å². The Bertz CT molecular complexity index is 897. The molecule has 0 aromatic carbocycles. The van der Waals surface area contributed by atoms with Crippen molar-refractivity contribution >= 4 is 0 Å². The number of aryl methyl sites for hydroxylation is 2. The summed E-state index contributed by atoms with van der Waals surface area (Å²) in [7, 11) is 0. The van der Waals surface area contributed by atoms with Crippen LogP contribution < -0.4 is 9.13 Å². The van der Waals surface area contributed by atoms with Crippen molar-refractivity contribution in [2.45, 2.75) is 25.9 Å². The molecule has 0 saturated carbocycles. The smallest absolute Gasteiger partial charge is 0.169 e. The minimum Gasteiger partial charge on any atom is -0.265 e. The lowest BCUT2D eigenvalue weighted by molar-refractivity contribution is -0.708. The molecule has 0 radical (unpaired) electrons. The van der Waals surface area contributed by atoms with Crippen LogP contribution >= 0.6 is 0 Å². The maximum atomic E-state index is 4.07. The van der Waals surface area contributed by atoms with Crippen LogP contribution in [0.15, 0.2) is 98.1 Å². The van der Waals surface area contributed by atoms with Gasteiger partial charge in [0.2, 0.25) is 0 Å². The maximum absolute atomic E-state index is 4.07. The van der Waals surface area contributed by atoms with E-state index in [1.165, 1.54) is 22.3 Å². The van der Waals surface area contributed by atoms with Crippen molar-refractivity contribution in [2.24, 2.45) is 0 Å². The van der Waals surface area contributed by atoms with E-state index in [0.29, 0.717) is 0 Å². The molecular weight excluding hydrogens is 344 g/mol. The highest BCUT2D eigenvalue weighted by Gasteiger charge is 2.06. The van der Waals surface area contributed by atoms with Crippen molar-refractivity contribution in [2.75, 3.05) is 0 Å². The van der Waals surface area contributed by atoms with E-state index in [2.05, 4.69) is 68.2 Å². The van der Waals surface area contributed by atoms with Gasteiger partial charge in [0, 0.05) is 61.9 Å². The molecule has 138 valence electrons. The fraction of sp³-hybridized carbons (Fsp3) is 0.167. The van der Waals surface area contributed by atoms with E-state index in [9.17, 15) is 0 Å². The first-order valence-electron chi connectivity index (χ1n) is 9.67. The normalized spacial score (nSPS) is 10.7. The average molecular weight is 368 g/mol. The quantitative estimate of drug-likeness (QED) is 0.367. The van der Waals surface area contributed by atoms with Gasteiger partial charge in [-0.3, -0.25) is 9.97 Å². The second kappa shape index (κ2) is 9.00. The number of rotatable bonds is 7. The van der Waals surface area contributed by atoms with E-state index < -0.39 is 0 Å². The van der Waals surface area contributed by atoms with Crippen LogP contribution in [0.2, 0.25) is 0 Å². The van der Waals surface area contributed by atoms with Crippen molar-refractivity contribution < 1.29 is 9.13 Å². The third kappa shape index (κ3) is 4.65. The molecule has 0 spiro atoms. The molecule has 0 aliphatic carbocycles. The van der Waals surface area contributed by atoms with E-state index in [4.69, 9.17) is 0 Å². The lowest BCUT2D eigenvalue weighted by Crippen LogP contribution is -2.35. The summed E-state index contributed by atoms with van der Waals surface area (Å²) in [4.78, 5) is 8.15. The van der Waals surface area contributed by atoms with Crippen molar-refractivity contribution in [3.63, 3.8) is 0 Å². The molecule has 4 aromatic rings. The topological polar surface area (TPSA) is 33.5 Å². The van der Waals surface area contributed by atoms with Gasteiger partial charge in [-0.15, -0.1) is 0 Å². The summed E-state index contributed by atoms with van der Waals surface area (Å²) in [6, 6.07) is 16.8. The largest absolute Gasteiger partial charge is 0.265 e. The van der Waals surface area contributed by atoms with Crippen LogP contribution in [0, 0.1) is 0 Å². The average Bonchev–Trinajstić information content (AvgIpc) is 2.79. The van der Waals surface area contributed by atoms with Crippen LogP contribution in [0.1, 0.15) is 12.8 Å². The van der Waals surface area contributed by atoms with Gasteiger partial charge in [0.1, 0.15) is 13.1 Å². The zero-order valence-electron chi connectivity index (χ0n) is 15.9. The summed E-state index contributed by atoms with van der Waals surface area (Å²) >= 11 is 0. The Morgan fingerprint density at radius 3 is 1.14 bits per heavy atom. The summed E-state index contributed by atoms with van der Waals surface area (Å²) in [5.41, 5.74) is 4.86. The Kier molecular flexibility index (Phi) is 5.78. The highest BCUT2D eigenvalue weighted by Crippen LogP contribution is 2.16. The van der Waals surface area contributed by atoms with E-state index in [0.717, 1.165) is 25.9 Å². The summed E-state index contributed by atoms with van der Waals surface area (Å²) < 4.78 is 4.50. The fourth-order valence-corrected chi connectivity index (χ4v) is 3.28. The third-order valence-corrected chi connectivity index (χ3v) is 4.89. The third-order valence-electron chi connectivity index (χ3n) is 4.89. The highest BCUT2D eigenvalue weighted by molar-refractivity contribution is 5.61. The van der Waals surface area contributed by atoms with Crippen molar-refractivity contribution in [3.8, 4) is 22.3 Å². The van der Waals surface area contributed by atoms with Crippen molar-refractivity contribution in [3.05, 3.63) is 98.1 Å². The summed E-state index contributed by atoms with van der Waals surface area (Å²) in [6.07, 6.45) is 18.3. The number of hydrogen-bond acceptors (Lipinski definition) is 2. The Hall–Kier alpha value is -3.40. The monoisotopic (exact) mass is 368 g/mol. The molecule has 0 aliphatic heterocycles. The molecule has 0 bridgehead atoms. The first-order chi connectivity index (χ1) is 13.9. The summed E-state index contributed by atoms with van der Waals surface area (Å²) in [5.74, 6) is 0. The molecule has 0 fully saturated rings. The summed E-state index contributed by atoms with van der Waals surface area (Å²) in [5, 5.41) is 0. The minimum absolute atomic E-state index is 1.03. The van der Waals surface area contributed by atoms with Crippen LogP contribution in [0.5, 0.6) is 0 Å². The molecule has 28 heavy (non-hydrogen) atoms. The van der Waals surface area contributed by atoms with Gasteiger partial charge in [-0.1, -0.05) is 0 Å². The lowest BCUT2D eigenvalue weighted by atomic mass is 10.1. The molecule has 0 unspecified atom stereocenters. The first-order valence-corrected chi connectivity index (χ1v) is 9.67. The minimum atomic E-state index is 1.03. The van der Waals surface area contributed by atoms with Gasteiger partial charge in [0.25, 0.3) is 0 Å². The van der Waals surface area contributed by atoms with Crippen molar-refractivity contribution in [1.82, 2.24) is 9.97 Å². The molecule has 0 atom stereocenters. The molecule has 0 amide bonds. The number of hydrogen-bond donors (Lipinski definition) is 0. The standard InChI is InChI=1S/C24H24N4/c1(15-27-17-7-23(8-18-27)21-3-11-25-12-4-21)2-16-28-19-9-24(10-20-28)22-5-13-26-14-6-22/h3-14,17-20H,1-2,15-16H2/q+2. The van der Waals surface area contributed by atoms with Crippen LogP contribution in [0.4, 0.5) is 0 Å². The van der Waals surface area contributed by atoms with Gasteiger partial charge in [-0.25, -0.2) is 9.13 Å². The number of aromatic nitrogens is 4. The van der Waals surface area contributed by atoms with E-state index in [-0.39, 0.29) is 0 Å². The van der Waals surface area contributed by atoms with Crippen LogP contribution in [0.25, 0.3) is 22.3 Å². The van der Waals surface area contributed by atoms with Crippen LogP contribution in [-0.2, 0) is 13.1 Å². The zero-order chi connectivity index (χ0) is 19.0. The molecule has 4 aromatic heterocycles. The summed E-state index contributed by atoms with van der Waals surface area (Å²) in [6.45, 7) is 2.07. The SMILES string of the molecule is c1cc(-c2cc[n+](CCCC[n+]3ccc(-c4ccncc4)cc3)cc2)ccn1. The van der Waals surface area contributed by atoms with Gasteiger partial charge in [-0.05, 0) is 46.5 Å². The van der Waals surface area contributed by atoms with E-state index in [1.807, 2.05) is 49.1 Å². The molecule has 0 N–H and O–H groups in total. The molecular formula is C24H24N4+2. The Morgan fingerprint density at radius 1 is 0.464 bits per heavy atom. The van der Waals surface area contributed by atoms with Crippen LogP contribution in [-0.4, -0.2) is 9.97 Å². The number of unbranched alkanes of at least 4 members (excludes halogenated alkanes) is 1. The van der Waals surface area contributed by atoms with Gasteiger partial charge in [-0.2, -0.15) is 0 Å². The Balaban J connectivity index is 1.25. The van der Waals surface area contributed by atoms with Gasteiger partial charge >= 0.3 is 0 Å². The fourth-order valence-electron chi connectivity index (χ4n) is 3.28. The highest BCUT2D eigenvalue weighted by atomic mass is 14.9. The number of nitrogens with zero attached hydrogens (tertiary/aromatic N) is 4. The van der Waals surface area contributed by atoms with Crippen molar-refractivity contribution in [1.29, 1.82) is 0 Å². The Morgan fingerprint density at radius 2 is 0.786 bits per heavy atom. The van der Waals surface area contributed by atoms with Gasteiger partial charge < -0.3 is 0 Å². The zero-order valence-corrected chi connectivity index (χ0v) is 15.9. The van der Waals surface area contributed by atoms with E-state index >= 15 is 0 Å². The first kappa shape index (κ1) is 18.0. The predicted molar refractivity (Wildman–Crippen MR) is 109 cm³/mol. The second-order valence-corrected chi connectivity index (χ2v) is 6.83. The molecule has 4 rings (SSSR count). The molecule has 4 heterocycles. The second-order valence-electron chi connectivity index (χ2n) is 6.83. The van der Waals surface area contributed by atoms with E-state index in [1.54, 1.807) is 0 Å². The maximum Gasteiger partial charge on any atom is 0.169 e. The molecule has 4 nitrogen and oxygen atoms in total. The molecule has 0 saturated heterocycles.